The van der Waals surface area contributed by atoms with Gasteiger partial charge in [-0.1, -0.05) is 54.6 Å². The molecule has 0 unspecified atom stereocenters. The van der Waals surface area contributed by atoms with Gasteiger partial charge in [0.25, 0.3) is 0 Å². The summed E-state index contributed by atoms with van der Waals surface area (Å²) in [4.78, 5) is 16.3. The molecule has 0 bridgehead atoms. The molecule has 1 aliphatic rings. The van der Waals surface area contributed by atoms with Crippen molar-refractivity contribution in [1.29, 1.82) is 5.26 Å². The highest BCUT2D eigenvalue weighted by atomic mass is 16.6. The van der Waals surface area contributed by atoms with E-state index in [2.05, 4.69) is 35.3 Å². The zero-order valence-corrected chi connectivity index (χ0v) is 16.0. The largest absolute Gasteiger partial charge is 0.449 e. The van der Waals surface area contributed by atoms with Crippen LogP contribution in [0.4, 0.5) is 4.79 Å². The monoisotopic (exact) mass is 375 g/mol. The highest BCUT2D eigenvalue weighted by molar-refractivity contribution is 5.67. The topological polar surface area (TPSA) is 56.6 Å². The van der Waals surface area contributed by atoms with Crippen LogP contribution in [0, 0.1) is 11.3 Å². The van der Waals surface area contributed by atoms with Gasteiger partial charge in [0, 0.05) is 39.1 Å². The van der Waals surface area contributed by atoms with Gasteiger partial charge in [0.2, 0.25) is 0 Å². The van der Waals surface area contributed by atoms with Crippen LogP contribution in [0.5, 0.6) is 0 Å². The second kappa shape index (κ2) is 10.3. The summed E-state index contributed by atoms with van der Waals surface area (Å²) in [6.07, 6.45) is 4.71. The number of hydrogen-bond donors (Lipinski definition) is 0. The van der Waals surface area contributed by atoms with E-state index in [-0.39, 0.29) is 6.09 Å². The number of nitriles is 1. The van der Waals surface area contributed by atoms with Gasteiger partial charge >= 0.3 is 6.09 Å². The summed E-state index contributed by atoms with van der Waals surface area (Å²) in [5.74, 6) is 0. The van der Waals surface area contributed by atoms with Crippen LogP contribution >= 0.6 is 0 Å². The minimum absolute atomic E-state index is 0.242. The van der Waals surface area contributed by atoms with Crippen molar-refractivity contribution in [1.82, 2.24) is 9.80 Å². The first-order chi connectivity index (χ1) is 13.7. The van der Waals surface area contributed by atoms with Crippen LogP contribution in [0.3, 0.4) is 0 Å². The number of amides is 1. The fourth-order valence-electron chi connectivity index (χ4n) is 3.11. The molecule has 0 saturated carbocycles. The lowest BCUT2D eigenvalue weighted by molar-refractivity contribution is 0.0797. The van der Waals surface area contributed by atoms with Gasteiger partial charge in [0.05, 0.1) is 18.2 Å². The molecule has 2 aromatic carbocycles. The number of benzene rings is 2. The molecule has 0 aliphatic carbocycles. The van der Waals surface area contributed by atoms with E-state index in [9.17, 15) is 4.79 Å². The molecule has 0 aromatic heterocycles. The maximum absolute atomic E-state index is 12.2. The third kappa shape index (κ3) is 5.97. The molecule has 28 heavy (non-hydrogen) atoms. The highest BCUT2D eigenvalue weighted by Crippen LogP contribution is 2.08. The Labute approximate surface area is 166 Å². The first kappa shape index (κ1) is 19.7. The van der Waals surface area contributed by atoms with E-state index >= 15 is 0 Å². The quantitative estimate of drug-likeness (QED) is 0.775. The van der Waals surface area contributed by atoms with Crippen molar-refractivity contribution in [2.24, 2.45) is 0 Å². The van der Waals surface area contributed by atoms with Gasteiger partial charge < -0.3 is 9.64 Å². The lowest BCUT2D eigenvalue weighted by atomic mass is 10.1. The molecule has 5 heteroatoms. The van der Waals surface area contributed by atoms with Crippen LogP contribution in [-0.4, -0.2) is 55.2 Å². The van der Waals surface area contributed by atoms with Crippen molar-refractivity contribution in [2.75, 3.05) is 39.3 Å². The number of nitrogens with zero attached hydrogens (tertiary/aromatic N) is 3. The number of carbonyl (C=O) groups excluding carboxylic acids is 1. The number of hydrogen-bond acceptors (Lipinski definition) is 4. The molecule has 0 radical (unpaired) electrons. The molecule has 1 fully saturated rings. The molecule has 1 aliphatic heterocycles. The minimum atomic E-state index is -0.242. The van der Waals surface area contributed by atoms with Crippen molar-refractivity contribution in [2.45, 2.75) is 6.42 Å². The summed E-state index contributed by atoms with van der Waals surface area (Å²) in [6.45, 7) is 4.32. The van der Waals surface area contributed by atoms with Crippen LogP contribution in [-0.2, 0) is 11.2 Å². The molecule has 0 spiro atoms. The van der Waals surface area contributed by atoms with E-state index in [1.54, 1.807) is 17.0 Å². The van der Waals surface area contributed by atoms with Crippen molar-refractivity contribution in [3.8, 4) is 6.07 Å². The Bertz CT molecular complexity index is 817. The molecule has 144 valence electrons. The summed E-state index contributed by atoms with van der Waals surface area (Å²) in [5.41, 5.74) is 2.89. The number of carbonyl (C=O) groups is 1. The molecular weight excluding hydrogens is 350 g/mol. The zero-order chi connectivity index (χ0) is 19.6. The molecule has 2 aromatic rings. The van der Waals surface area contributed by atoms with E-state index in [0.717, 1.165) is 25.2 Å². The number of ether oxygens (including phenoxy) is 1. The number of piperazine rings is 1. The van der Waals surface area contributed by atoms with Crippen LogP contribution in [0.2, 0.25) is 0 Å². The Morgan fingerprint density at radius 1 is 1.04 bits per heavy atom. The average molecular weight is 375 g/mol. The first-order valence-corrected chi connectivity index (χ1v) is 9.59. The molecule has 1 saturated heterocycles. The molecule has 0 atom stereocenters. The van der Waals surface area contributed by atoms with Crippen LogP contribution in [0.1, 0.15) is 16.7 Å². The molecule has 3 rings (SSSR count). The normalized spacial score (nSPS) is 14.8. The summed E-state index contributed by atoms with van der Waals surface area (Å²) in [7, 11) is 0. The third-order valence-electron chi connectivity index (χ3n) is 4.80. The van der Waals surface area contributed by atoms with Gasteiger partial charge in [-0.05, 0) is 23.3 Å². The summed E-state index contributed by atoms with van der Waals surface area (Å²) in [6, 6.07) is 19.7. The van der Waals surface area contributed by atoms with Crippen LogP contribution in [0.15, 0.2) is 60.7 Å². The van der Waals surface area contributed by atoms with E-state index in [0.29, 0.717) is 31.7 Å². The van der Waals surface area contributed by atoms with E-state index in [4.69, 9.17) is 10.00 Å². The lowest BCUT2D eigenvalue weighted by Crippen LogP contribution is -2.48. The Morgan fingerprint density at radius 2 is 1.75 bits per heavy atom. The third-order valence-corrected chi connectivity index (χ3v) is 4.80. The smallest absolute Gasteiger partial charge is 0.409 e. The lowest BCUT2D eigenvalue weighted by Gasteiger charge is -2.33. The fraction of sp³-hybridized carbons (Fsp3) is 0.304. The summed E-state index contributed by atoms with van der Waals surface area (Å²) >= 11 is 0. The molecule has 0 N–H and O–H groups in total. The van der Waals surface area contributed by atoms with Gasteiger partial charge in [-0.3, -0.25) is 4.90 Å². The van der Waals surface area contributed by atoms with Gasteiger partial charge in [0.15, 0.2) is 0 Å². The van der Waals surface area contributed by atoms with Crippen molar-refractivity contribution >= 4 is 12.2 Å². The maximum Gasteiger partial charge on any atom is 0.409 e. The predicted molar refractivity (Wildman–Crippen MR) is 110 cm³/mol. The van der Waals surface area contributed by atoms with E-state index in [1.165, 1.54) is 5.56 Å². The Balaban J connectivity index is 1.34. The standard InChI is InChI=1S/C23H25N3O2/c24-19-22-10-8-21(9-11-22)12-18-28-23(27)26-16-14-25(15-17-26)13-4-7-20-5-2-1-3-6-20/h1-11H,12-18H2/b7-4+. The van der Waals surface area contributed by atoms with Gasteiger partial charge in [-0.25, -0.2) is 4.79 Å². The molecule has 5 nitrogen and oxygen atoms in total. The Morgan fingerprint density at radius 3 is 2.43 bits per heavy atom. The highest BCUT2D eigenvalue weighted by Gasteiger charge is 2.21. The fourth-order valence-corrected chi connectivity index (χ4v) is 3.11. The van der Waals surface area contributed by atoms with E-state index in [1.807, 2.05) is 30.3 Å². The van der Waals surface area contributed by atoms with Gasteiger partial charge in [-0.15, -0.1) is 0 Å². The van der Waals surface area contributed by atoms with E-state index < -0.39 is 0 Å². The predicted octanol–water partition coefficient (Wildman–Crippen LogP) is 3.57. The van der Waals surface area contributed by atoms with Gasteiger partial charge in [0.1, 0.15) is 0 Å². The van der Waals surface area contributed by atoms with Gasteiger partial charge in [-0.2, -0.15) is 5.26 Å². The summed E-state index contributed by atoms with van der Waals surface area (Å²) < 4.78 is 5.41. The first-order valence-electron chi connectivity index (χ1n) is 9.59. The number of rotatable bonds is 6. The van der Waals surface area contributed by atoms with Crippen molar-refractivity contribution < 1.29 is 9.53 Å². The van der Waals surface area contributed by atoms with Crippen molar-refractivity contribution in [3.63, 3.8) is 0 Å². The van der Waals surface area contributed by atoms with Crippen molar-refractivity contribution in [3.05, 3.63) is 77.4 Å². The Kier molecular flexibility index (Phi) is 7.22. The maximum atomic E-state index is 12.2. The molecule has 1 heterocycles. The second-order valence-corrected chi connectivity index (χ2v) is 6.77. The SMILES string of the molecule is N#Cc1ccc(CCOC(=O)N2CCN(C/C=C/c3ccccc3)CC2)cc1. The minimum Gasteiger partial charge on any atom is -0.449 e. The summed E-state index contributed by atoms with van der Waals surface area (Å²) in [5, 5.41) is 8.81. The average Bonchev–Trinajstić information content (AvgIpc) is 2.75. The van der Waals surface area contributed by atoms with Crippen LogP contribution in [0.25, 0.3) is 6.08 Å². The van der Waals surface area contributed by atoms with Crippen LogP contribution < -0.4 is 0 Å². The zero-order valence-electron chi connectivity index (χ0n) is 16.0. The molecule has 1 amide bonds. The molecular formula is C23H25N3O2. The second-order valence-electron chi connectivity index (χ2n) is 6.77. The Hall–Kier alpha value is -3.10.